The number of esters is 1. The first kappa shape index (κ1) is 25.8. The van der Waals surface area contributed by atoms with E-state index in [4.69, 9.17) is 14.2 Å². The van der Waals surface area contributed by atoms with Gasteiger partial charge in [-0.25, -0.2) is 4.79 Å². The summed E-state index contributed by atoms with van der Waals surface area (Å²) in [6.07, 6.45) is -1.50. The highest BCUT2D eigenvalue weighted by Crippen LogP contribution is 2.44. The van der Waals surface area contributed by atoms with Crippen LogP contribution in [0.1, 0.15) is 23.6 Å². The third-order valence-electron chi connectivity index (χ3n) is 5.77. The van der Waals surface area contributed by atoms with E-state index in [9.17, 15) is 18.0 Å². The Morgan fingerprint density at radius 3 is 2.35 bits per heavy atom. The van der Waals surface area contributed by atoms with Crippen molar-refractivity contribution >= 4 is 22.8 Å². The van der Waals surface area contributed by atoms with Gasteiger partial charge in [-0.1, -0.05) is 30.3 Å². The van der Waals surface area contributed by atoms with Crippen LogP contribution in [0.3, 0.4) is 0 Å². The highest BCUT2D eigenvalue weighted by Gasteiger charge is 2.31. The number of carbonyl (C=O) groups excluding carboxylic acids is 1. The molecule has 0 saturated heterocycles. The van der Waals surface area contributed by atoms with Gasteiger partial charge in [0.25, 0.3) is 0 Å². The Kier molecular flexibility index (Phi) is 7.53. The minimum Gasteiger partial charge on any atom is -0.497 e. The number of hydrogen-bond donors (Lipinski definition) is 0. The molecule has 0 radical (unpaired) electrons. The number of hydrogen-bond acceptors (Lipinski definition) is 4. The molecule has 0 aliphatic heterocycles. The van der Waals surface area contributed by atoms with Gasteiger partial charge >= 0.3 is 12.1 Å². The lowest BCUT2D eigenvalue weighted by Gasteiger charge is -2.19. The highest BCUT2D eigenvalue weighted by atomic mass is 19.4. The molecule has 0 spiro atoms. The summed E-state index contributed by atoms with van der Waals surface area (Å²) in [4.78, 5) is 11.6. The zero-order chi connectivity index (χ0) is 26.6. The molecule has 190 valence electrons. The first-order valence-corrected chi connectivity index (χ1v) is 11.6. The normalized spacial score (nSPS) is 11.6. The van der Waals surface area contributed by atoms with Gasteiger partial charge in [0.05, 0.1) is 19.3 Å². The first-order valence-electron chi connectivity index (χ1n) is 11.6. The standard InChI is InChI=1S/C30H25F3O4/c1-4-36-27(34)15-10-20-8-11-24(12-9-20)37-29-26-14-13-25(35-3)18-22(26)16-19(2)28(29)21-6-5-7-23(17-21)30(31,32)33/h5-18H,4H2,1-3H3. The fourth-order valence-electron chi connectivity index (χ4n) is 4.05. The number of alkyl halides is 3. The molecule has 4 aromatic carbocycles. The number of fused-ring (bicyclic) bond motifs is 1. The molecule has 0 atom stereocenters. The van der Waals surface area contributed by atoms with Crippen molar-refractivity contribution in [1.82, 2.24) is 0 Å². The predicted octanol–water partition coefficient (Wildman–Crippen LogP) is 8.21. The third kappa shape index (κ3) is 5.94. The number of halogens is 3. The van der Waals surface area contributed by atoms with E-state index in [0.29, 0.717) is 35.0 Å². The number of methoxy groups -OCH3 is 1. The predicted molar refractivity (Wildman–Crippen MR) is 138 cm³/mol. The van der Waals surface area contributed by atoms with E-state index in [0.717, 1.165) is 34.0 Å². The van der Waals surface area contributed by atoms with E-state index in [2.05, 4.69) is 0 Å². The van der Waals surface area contributed by atoms with E-state index in [-0.39, 0.29) is 0 Å². The molecule has 4 nitrogen and oxygen atoms in total. The van der Waals surface area contributed by atoms with Crippen LogP contribution in [0.5, 0.6) is 17.2 Å². The van der Waals surface area contributed by atoms with Crippen molar-refractivity contribution in [3.8, 4) is 28.4 Å². The maximum atomic E-state index is 13.5. The molecule has 0 aliphatic rings. The van der Waals surface area contributed by atoms with Gasteiger partial charge in [0.15, 0.2) is 0 Å². The van der Waals surface area contributed by atoms with Gasteiger partial charge in [-0.3, -0.25) is 0 Å². The average Bonchev–Trinajstić information content (AvgIpc) is 2.87. The van der Waals surface area contributed by atoms with Crippen LogP contribution < -0.4 is 9.47 Å². The molecular weight excluding hydrogens is 481 g/mol. The summed E-state index contributed by atoms with van der Waals surface area (Å²) in [7, 11) is 1.57. The summed E-state index contributed by atoms with van der Waals surface area (Å²) in [5.74, 6) is 1.15. The molecule has 37 heavy (non-hydrogen) atoms. The van der Waals surface area contributed by atoms with Gasteiger partial charge in [-0.05, 0) is 84.5 Å². The van der Waals surface area contributed by atoms with Crippen LogP contribution >= 0.6 is 0 Å². The average molecular weight is 507 g/mol. The number of benzene rings is 4. The molecule has 0 unspecified atom stereocenters. The zero-order valence-electron chi connectivity index (χ0n) is 20.6. The Labute approximate surface area is 212 Å². The lowest BCUT2D eigenvalue weighted by molar-refractivity contribution is -0.138. The summed E-state index contributed by atoms with van der Waals surface area (Å²) in [6, 6.07) is 19.6. The third-order valence-corrected chi connectivity index (χ3v) is 5.77. The second-order valence-electron chi connectivity index (χ2n) is 8.32. The van der Waals surface area contributed by atoms with Crippen LogP contribution in [0, 0.1) is 6.92 Å². The van der Waals surface area contributed by atoms with Crippen molar-refractivity contribution in [2.24, 2.45) is 0 Å². The van der Waals surface area contributed by atoms with Crippen LogP contribution in [0.25, 0.3) is 28.0 Å². The number of aryl methyl sites for hydroxylation is 1. The Morgan fingerprint density at radius 1 is 0.946 bits per heavy atom. The fraction of sp³-hybridized carbons (Fsp3) is 0.167. The zero-order valence-corrected chi connectivity index (χ0v) is 20.6. The molecule has 0 aliphatic carbocycles. The van der Waals surface area contributed by atoms with Gasteiger partial charge in [0.1, 0.15) is 17.2 Å². The highest BCUT2D eigenvalue weighted by molar-refractivity contribution is 5.98. The van der Waals surface area contributed by atoms with Gasteiger partial charge in [-0.15, -0.1) is 0 Å². The molecule has 0 N–H and O–H groups in total. The summed E-state index contributed by atoms with van der Waals surface area (Å²) < 4.78 is 57.0. The Balaban J connectivity index is 1.80. The lowest BCUT2D eigenvalue weighted by Crippen LogP contribution is -2.05. The number of ether oxygens (including phenoxy) is 3. The molecule has 7 heteroatoms. The van der Waals surface area contributed by atoms with Crippen LogP contribution in [0.15, 0.2) is 78.9 Å². The Bertz CT molecular complexity index is 1450. The van der Waals surface area contributed by atoms with E-state index >= 15 is 0 Å². The van der Waals surface area contributed by atoms with Gasteiger partial charge in [0, 0.05) is 17.0 Å². The van der Waals surface area contributed by atoms with E-state index in [1.807, 2.05) is 25.1 Å². The van der Waals surface area contributed by atoms with E-state index in [1.54, 1.807) is 56.5 Å². The molecule has 0 bridgehead atoms. The molecule has 0 aromatic heterocycles. The lowest BCUT2D eigenvalue weighted by atomic mass is 9.93. The minimum absolute atomic E-state index is 0.292. The van der Waals surface area contributed by atoms with Gasteiger partial charge < -0.3 is 14.2 Å². The monoisotopic (exact) mass is 506 g/mol. The van der Waals surface area contributed by atoms with Gasteiger partial charge in [0.2, 0.25) is 0 Å². The van der Waals surface area contributed by atoms with Crippen molar-refractivity contribution in [3.63, 3.8) is 0 Å². The fourth-order valence-corrected chi connectivity index (χ4v) is 4.05. The molecule has 0 fully saturated rings. The maximum Gasteiger partial charge on any atom is 0.416 e. The van der Waals surface area contributed by atoms with Crippen molar-refractivity contribution in [2.75, 3.05) is 13.7 Å². The summed E-state index contributed by atoms with van der Waals surface area (Å²) in [5.41, 5.74) is 1.74. The van der Waals surface area contributed by atoms with E-state index < -0.39 is 17.7 Å². The Morgan fingerprint density at radius 2 is 1.68 bits per heavy atom. The molecule has 0 heterocycles. The molecule has 4 aromatic rings. The molecule has 0 amide bonds. The number of carbonyl (C=O) groups is 1. The summed E-state index contributed by atoms with van der Waals surface area (Å²) >= 11 is 0. The molecule has 4 rings (SSSR count). The number of rotatable bonds is 7. The minimum atomic E-state index is -4.47. The summed E-state index contributed by atoms with van der Waals surface area (Å²) in [6.45, 7) is 3.86. The summed E-state index contributed by atoms with van der Waals surface area (Å²) in [5, 5.41) is 1.56. The quantitative estimate of drug-likeness (QED) is 0.187. The second-order valence-corrected chi connectivity index (χ2v) is 8.32. The SMILES string of the molecule is CCOC(=O)C=Cc1ccc(Oc2c(-c3cccc(C(F)(F)F)c3)c(C)cc3cc(OC)ccc23)cc1. The van der Waals surface area contributed by atoms with Crippen LogP contribution in [-0.2, 0) is 15.7 Å². The molecule has 0 saturated carbocycles. The van der Waals surface area contributed by atoms with E-state index in [1.165, 1.54) is 12.1 Å². The topological polar surface area (TPSA) is 44.8 Å². The molecular formula is C30H25F3O4. The van der Waals surface area contributed by atoms with Crippen LogP contribution in [0.2, 0.25) is 0 Å². The van der Waals surface area contributed by atoms with Crippen LogP contribution in [-0.4, -0.2) is 19.7 Å². The Hall–Kier alpha value is -4.26. The van der Waals surface area contributed by atoms with Crippen molar-refractivity contribution < 1.29 is 32.2 Å². The van der Waals surface area contributed by atoms with Crippen LogP contribution in [0.4, 0.5) is 13.2 Å². The van der Waals surface area contributed by atoms with Crippen molar-refractivity contribution in [1.29, 1.82) is 0 Å². The maximum absolute atomic E-state index is 13.5. The van der Waals surface area contributed by atoms with Crippen molar-refractivity contribution in [3.05, 3.63) is 95.6 Å². The smallest absolute Gasteiger partial charge is 0.416 e. The largest absolute Gasteiger partial charge is 0.497 e. The van der Waals surface area contributed by atoms with Gasteiger partial charge in [-0.2, -0.15) is 13.2 Å². The van der Waals surface area contributed by atoms with Crippen molar-refractivity contribution in [2.45, 2.75) is 20.0 Å². The second kappa shape index (κ2) is 10.8. The first-order chi connectivity index (χ1) is 17.7.